The van der Waals surface area contributed by atoms with Gasteiger partial charge in [0, 0.05) is 31.1 Å². The van der Waals surface area contributed by atoms with Crippen LogP contribution in [0.1, 0.15) is 22.6 Å². The van der Waals surface area contributed by atoms with Crippen molar-refractivity contribution in [1.29, 1.82) is 0 Å². The Morgan fingerprint density at radius 1 is 1.09 bits per heavy atom. The number of phenols is 3. The van der Waals surface area contributed by atoms with Crippen molar-refractivity contribution < 1.29 is 24.8 Å². The molecule has 1 aliphatic carbocycles. The highest BCUT2D eigenvalue weighted by Crippen LogP contribution is 2.54. The Morgan fingerprint density at radius 3 is 2.64 bits per heavy atom. The van der Waals surface area contributed by atoms with Gasteiger partial charge in [0.15, 0.2) is 11.5 Å². The van der Waals surface area contributed by atoms with Crippen LogP contribution in [-0.4, -0.2) is 34.6 Å². The van der Waals surface area contributed by atoms with Crippen molar-refractivity contribution in [3.05, 3.63) is 47.0 Å². The van der Waals surface area contributed by atoms with E-state index in [-0.39, 0.29) is 23.2 Å². The van der Waals surface area contributed by atoms with Gasteiger partial charge in [-0.2, -0.15) is 0 Å². The van der Waals surface area contributed by atoms with Crippen molar-refractivity contribution in [2.45, 2.75) is 17.9 Å². The average molecular weight is 300 g/mol. The van der Waals surface area contributed by atoms with Crippen molar-refractivity contribution in [3.8, 4) is 23.0 Å². The summed E-state index contributed by atoms with van der Waals surface area (Å²) in [7, 11) is 1.65. The van der Waals surface area contributed by atoms with Crippen molar-refractivity contribution in [2.24, 2.45) is 0 Å². The Kier molecular flexibility index (Phi) is 2.60. The molecule has 0 aromatic heterocycles. The molecule has 4 rings (SSSR count). The molecule has 0 amide bonds. The monoisotopic (exact) mass is 300 g/mol. The predicted molar refractivity (Wildman–Crippen MR) is 78.7 cm³/mol. The second-order valence-electron chi connectivity index (χ2n) is 5.93. The second-order valence-corrected chi connectivity index (χ2v) is 5.93. The van der Waals surface area contributed by atoms with E-state index in [0.29, 0.717) is 18.8 Å². The molecule has 5 heteroatoms. The summed E-state index contributed by atoms with van der Waals surface area (Å²) in [5.41, 5.74) is 2.21. The first-order valence-electron chi connectivity index (χ1n) is 7.10. The third-order valence-electron chi connectivity index (χ3n) is 4.75. The van der Waals surface area contributed by atoms with Gasteiger partial charge < -0.3 is 24.8 Å². The first-order chi connectivity index (χ1) is 10.5. The molecule has 2 unspecified atom stereocenters. The molecular formula is C17H16O5. The summed E-state index contributed by atoms with van der Waals surface area (Å²) < 4.78 is 11.6. The van der Waals surface area contributed by atoms with Crippen molar-refractivity contribution >= 4 is 0 Å². The van der Waals surface area contributed by atoms with E-state index < -0.39 is 5.60 Å². The normalized spacial score (nSPS) is 25.0. The molecule has 0 radical (unpaired) electrons. The largest absolute Gasteiger partial charge is 0.508 e. The first-order valence-corrected chi connectivity index (χ1v) is 7.10. The molecule has 0 bridgehead atoms. The Morgan fingerprint density at radius 2 is 1.86 bits per heavy atom. The SMILES string of the molecule is COC12COc3cc(O)ccc3C1c1cc(O)c(O)cc1C2. The van der Waals surface area contributed by atoms with E-state index in [1.54, 1.807) is 31.4 Å². The van der Waals surface area contributed by atoms with Crippen LogP contribution in [0.3, 0.4) is 0 Å². The molecule has 2 atom stereocenters. The van der Waals surface area contributed by atoms with E-state index in [1.165, 1.54) is 0 Å². The number of rotatable bonds is 1. The number of methoxy groups -OCH3 is 1. The molecule has 2 aromatic carbocycles. The zero-order valence-electron chi connectivity index (χ0n) is 12.0. The fourth-order valence-electron chi connectivity index (χ4n) is 3.69. The van der Waals surface area contributed by atoms with Gasteiger partial charge in [0.2, 0.25) is 0 Å². The number of phenolic OH excluding ortho intramolecular Hbond substituents is 3. The number of fused-ring (bicyclic) bond motifs is 5. The number of benzene rings is 2. The molecule has 3 N–H and O–H groups in total. The van der Waals surface area contributed by atoms with Crippen LogP contribution in [-0.2, 0) is 11.2 Å². The van der Waals surface area contributed by atoms with Gasteiger partial charge in [-0.25, -0.2) is 0 Å². The summed E-state index contributed by atoms with van der Waals surface area (Å²) in [6.45, 7) is 0.348. The highest BCUT2D eigenvalue weighted by molar-refractivity contribution is 5.58. The summed E-state index contributed by atoms with van der Waals surface area (Å²) in [5.74, 6) is 0.393. The molecule has 114 valence electrons. The van der Waals surface area contributed by atoms with Crippen LogP contribution in [0.25, 0.3) is 0 Å². The minimum Gasteiger partial charge on any atom is -0.508 e. The Hall–Kier alpha value is -2.40. The lowest BCUT2D eigenvalue weighted by Gasteiger charge is -2.39. The maximum absolute atomic E-state index is 9.86. The van der Waals surface area contributed by atoms with Gasteiger partial charge in [0.05, 0.1) is 0 Å². The van der Waals surface area contributed by atoms with Crippen LogP contribution in [0.5, 0.6) is 23.0 Å². The van der Waals surface area contributed by atoms with Crippen LogP contribution in [0.4, 0.5) is 0 Å². The predicted octanol–water partition coefficient (Wildman–Crippen LogP) is 2.27. The van der Waals surface area contributed by atoms with E-state index >= 15 is 0 Å². The summed E-state index contributed by atoms with van der Waals surface area (Å²) in [6, 6.07) is 8.21. The summed E-state index contributed by atoms with van der Waals surface area (Å²) in [5, 5.41) is 29.3. The van der Waals surface area contributed by atoms with Crippen molar-refractivity contribution in [2.75, 3.05) is 13.7 Å². The minimum absolute atomic E-state index is 0.108. The van der Waals surface area contributed by atoms with Gasteiger partial charge in [0.25, 0.3) is 0 Å². The fraction of sp³-hybridized carbons (Fsp3) is 0.294. The molecule has 1 aliphatic heterocycles. The average Bonchev–Trinajstić information content (AvgIpc) is 2.82. The van der Waals surface area contributed by atoms with Gasteiger partial charge in [-0.3, -0.25) is 0 Å². The van der Waals surface area contributed by atoms with Gasteiger partial charge in [-0.1, -0.05) is 6.07 Å². The molecular weight excluding hydrogens is 284 g/mol. The Labute approximate surface area is 127 Å². The summed E-state index contributed by atoms with van der Waals surface area (Å²) >= 11 is 0. The fourth-order valence-corrected chi connectivity index (χ4v) is 3.69. The number of aromatic hydroxyl groups is 3. The molecule has 2 aliphatic rings. The molecule has 1 heterocycles. The van der Waals surface area contributed by atoms with Crippen molar-refractivity contribution in [3.63, 3.8) is 0 Å². The quantitative estimate of drug-likeness (QED) is 0.704. The van der Waals surface area contributed by atoms with Crippen LogP contribution in [0.15, 0.2) is 30.3 Å². The third-order valence-corrected chi connectivity index (χ3v) is 4.75. The highest BCUT2D eigenvalue weighted by Gasteiger charge is 2.51. The van der Waals surface area contributed by atoms with Crippen LogP contribution in [0, 0.1) is 0 Å². The smallest absolute Gasteiger partial charge is 0.157 e. The van der Waals surface area contributed by atoms with Gasteiger partial charge in [-0.15, -0.1) is 0 Å². The molecule has 2 aromatic rings. The second kappa shape index (κ2) is 4.30. The van der Waals surface area contributed by atoms with E-state index in [9.17, 15) is 15.3 Å². The molecule has 0 saturated heterocycles. The lowest BCUT2D eigenvalue weighted by atomic mass is 9.80. The number of hydrogen-bond acceptors (Lipinski definition) is 5. The summed E-state index contributed by atoms with van der Waals surface area (Å²) in [6.07, 6.45) is 0.595. The van der Waals surface area contributed by atoms with E-state index in [0.717, 1.165) is 16.7 Å². The maximum Gasteiger partial charge on any atom is 0.157 e. The lowest BCUT2D eigenvalue weighted by Crippen LogP contribution is -2.45. The standard InChI is InChI=1S/C17H16O5/c1-21-17-7-9-4-13(19)14(20)6-12(9)16(17)11-3-2-10(18)5-15(11)22-8-17/h2-6,16,18-20H,7-8H2,1H3. The van der Waals surface area contributed by atoms with Crippen LogP contribution >= 0.6 is 0 Å². The zero-order chi connectivity index (χ0) is 15.5. The van der Waals surface area contributed by atoms with Gasteiger partial charge >= 0.3 is 0 Å². The van der Waals surface area contributed by atoms with E-state index in [4.69, 9.17) is 9.47 Å². The van der Waals surface area contributed by atoms with Crippen LogP contribution in [0.2, 0.25) is 0 Å². The van der Waals surface area contributed by atoms with Gasteiger partial charge in [0.1, 0.15) is 23.7 Å². The number of hydrogen-bond donors (Lipinski definition) is 3. The lowest BCUT2D eigenvalue weighted by molar-refractivity contribution is -0.0580. The third kappa shape index (κ3) is 1.63. The summed E-state index contributed by atoms with van der Waals surface area (Å²) in [4.78, 5) is 0. The zero-order valence-corrected chi connectivity index (χ0v) is 12.0. The van der Waals surface area contributed by atoms with E-state index in [1.807, 2.05) is 6.07 Å². The van der Waals surface area contributed by atoms with Gasteiger partial charge in [-0.05, 0) is 29.3 Å². The maximum atomic E-state index is 9.86. The number of ether oxygens (including phenoxy) is 2. The Balaban J connectivity index is 1.95. The minimum atomic E-state index is -0.563. The van der Waals surface area contributed by atoms with Crippen LogP contribution < -0.4 is 4.74 Å². The molecule has 0 saturated carbocycles. The molecule has 5 nitrogen and oxygen atoms in total. The first kappa shape index (κ1) is 13.3. The van der Waals surface area contributed by atoms with E-state index in [2.05, 4.69) is 0 Å². The molecule has 0 spiro atoms. The highest BCUT2D eigenvalue weighted by atomic mass is 16.5. The van der Waals surface area contributed by atoms with Crippen molar-refractivity contribution in [1.82, 2.24) is 0 Å². The topological polar surface area (TPSA) is 79.2 Å². The molecule has 22 heavy (non-hydrogen) atoms. The Bertz CT molecular complexity index is 770. The molecule has 0 fully saturated rings.